The highest BCUT2D eigenvalue weighted by Crippen LogP contribution is 2.55. The summed E-state index contributed by atoms with van der Waals surface area (Å²) in [5, 5.41) is 6.87. The molecule has 1 saturated carbocycles. The molecule has 6 nitrogen and oxygen atoms in total. The van der Waals surface area contributed by atoms with Gasteiger partial charge in [0.2, 0.25) is 0 Å². The molecule has 2 atom stereocenters. The molecule has 172 valence electrons. The minimum absolute atomic E-state index is 0.0161. The number of oxime groups is 1. The first-order valence-electron chi connectivity index (χ1n) is 11.9. The van der Waals surface area contributed by atoms with Crippen LogP contribution in [-0.4, -0.2) is 18.3 Å². The lowest BCUT2D eigenvalue weighted by Crippen LogP contribution is -2.23. The fourth-order valence-electron chi connectivity index (χ4n) is 4.94. The van der Waals surface area contributed by atoms with Crippen LogP contribution in [0.3, 0.4) is 0 Å². The fraction of sp³-hybridized carbons (Fsp3) is 0.286. The van der Waals surface area contributed by atoms with Crippen LogP contribution < -0.4 is 11.1 Å². The van der Waals surface area contributed by atoms with Gasteiger partial charge in [-0.1, -0.05) is 53.7 Å². The van der Waals surface area contributed by atoms with Crippen molar-refractivity contribution in [2.75, 3.05) is 6.61 Å². The Morgan fingerprint density at radius 2 is 1.65 bits per heavy atom. The molecule has 1 amide bonds. The molecule has 0 spiro atoms. The van der Waals surface area contributed by atoms with E-state index in [1.165, 1.54) is 35.1 Å². The van der Waals surface area contributed by atoms with Gasteiger partial charge < -0.3 is 20.6 Å². The average Bonchev–Trinajstić information content (AvgIpc) is 3.58. The van der Waals surface area contributed by atoms with Gasteiger partial charge in [-0.25, -0.2) is 0 Å². The molecule has 3 aromatic rings. The Bertz CT molecular complexity index is 1290. The quantitative estimate of drug-likeness (QED) is 0.309. The summed E-state index contributed by atoms with van der Waals surface area (Å²) in [7, 11) is 0. The molecule has 2 bridgehead atoms. The standard InChI is InChI=1S/C28H27N3O3/c1-2-33-31-27(29)18-5-3-16(4-6-18)15-30-28(32)20-10-12-22-24(14-20)26-23-13-19(17-7-8-17)9-11-21(23)25(22)34-26/h3-6,9-14,17,25-26H,2,7-8,15H2,1H3,(H2,29,31)(H,30,32)/t25-,26+/m0/s1. The van der Waals surface area contributed by atoms with E-state index in [0.717, 1.165) is 16.7 Å². The van der Waals surface area contributed by atoms with E-state index in [9.17, 15) is 4.79 Å². The first-order valence-corrected chi connectivity index (χ1v) is 11.9. The van der Waals surface area contributed by atoms with Crippen LogP contribution in [0.5, 0.6) is 0 Å². The van der Waals surface area contributed by atoms with Gasteiger partial charge in [0.25, 0.3) is 5.91 Å². The molecule has 0 aromatic heterocycles. The minimum atomic E-state index is -0.0981. The number of benzene rings is 3. The highest BCUT2D eigenvalue weighted by molar-refractivity contribution is 5.97. The van der Waals surface area contributed by atoms with E-state index in [1.54, 1.807) is 0 Å². The molecular weight excluding hydrogens is 426 g/mol. The molecule has 0 unspecified atom stereocenters. The van der Waals surface area contributed by atoms with E-state index in [-0.39, 0.29) is 18.1 Å². The van der Waals surface area contributed by atoms with E-state index in [2.05, 4.69) is 28.7 Å². The van der Waals surface area contributed by atoms with Gasteiger partial charge >= 0.3 is 0 Å². The lowest BCUT2D eigenvalue weighted by molar-refractivity contribution is 0.0857. The van der Waals surface area contributed by atoms with Crippen molar-refractivity contribution in [2.24, 2.45) is 10.9 Å². The second kappa shape index (κ2) is 8.29. The van der Waals surface area contributed by atoms with E-state index in [0.29, 0.717) is 30.5 Å². The number of hydrogen-bond donors (Lipinski definition) is 2. The largest absolute Gasteiger partial charge is 0.394 e. The summed E-state index contributed by atoms with van der Waals surface area (Å²) in [4.78, 5) is 17.9. The number of carbonyl (C=O) groups is 1. The topological polar surface area (TPSA) is 85.9 Å². The third-order valence-electron chi connectivity index (χ3n) is 6.91. The van der Waals surface area contributed by atoms with Gasteiger partial charge in [0, 0.05) is 17.7 Å². The van der Waals surface area contributed by atoms with Crippen molar-refractivity contribution >= 4 is 11.7 Å². The number of nitrogens with two attached hydrogens (primary N) is 1. The Kier molecular flexibility index (Phi) is 5.11. The van der Waals surface area contributed by atoms with Crippen LogP contribution in [0.25, 0.3) is 0 Å². The number of amides is 1. The normalized spacial score (nSPS) is 20.1. The third-order valence-corrected chi connectivity index (χ3v) is 6.91. The number of hydrogen-bond acceptors (Lipinski definition) is 4. The number of fused-ring (bicyclic) bond motifs is 8. The molecule has 1 aliphatic carbocycles. The van der Waals surface area contributed by atoms with E-state index >= 15 is 0 Å². The Labute approximate surface area is 198 Å². The van der Waals surface area contributed by atoms with Gasteiger partial charge in [0.05, 0.1) is 0 Å². The van der Waals surface area contributed by atoms with E-state index < -0.39 is 0 Å². The Morgan fingerprint density at radius 1 is 0.971 bits per heavy atom. The zero-order chi connectivity index (χ0) is 23.2. The van der Waals surface area contributed by atoms with Gasteiger partial charge in [-0.3, -0.25) is 4.79 Å². The number of carbonyl (C=O) groups excluding carboxylic acids is 1. The van der Waals surface area contributed by atoms with Crippen LogP contribution in [0, 0.1) is 0 Å². The Morgan fingerprint density at radius 3 is 2.38 bits per heavy atom. The van der Waals surface area contributed by atoms with E-state index in [4.69, 9.17) is 15.3 Å². The first kappa shape index (κ1) is 20.9. The lowest BCUT2D eigenvalue weighted by Gasteiger charge is -2.17. The zero-order valence-corrected chi connectivity index (χ0v) is 19.1. The molecular formula is C28H27N3O3. The smallest absolute Gasteiger partial charge is 0.251 e. The monoisotopic (exact) mass is 453 g/mol. The van der Waals surface area contributed by atoms with E-state index in [1.807, 2.05) is 49.4 Å². The molecule has 0 radical (unpaired) electrons. The Balaban J connectivity index is 1.15. The summed E-state index contributed by atoms with van der Waals surface area (Å²) >= 11 is 0. The van der Waals surface area contributed by atoms with Gasteiger partial charge in [0.15, 0.2) is 5.84 Å². The van der Waals surface area contributed by atoms with Crippen LogP contribution in [0.2, 0.25) is 0 Å². The lowest BCUT2D eigenvalue weighted by atomic mass is 9.84. The molecule has 34 heavy (non-hydrogen) atoms. The summed E-state index contributed by atoms with van der Waals surface area (Å²) in [6.07, 6.45) is 2.48. The predicted octanol–water partition coefficient (Wildman–Crippen LogP) is 4.67. The van der Waals surface area contributed by atoms with Crippen molar-refractivity contribution in [1.29, 1.82) is 0 Å². The van der Waals surface area contributed by atoms with Gasteiger partial charge in [0.1, 0.15) is 18.8 Å². The number of rotatable bonds is 7. The first-order chi connectivity index (χ1) is 16.6. The van der Waals surface area contributed by atoms with Crippen LogP contribution >= 0.6 is 0 Å². The Hall–Kier alpha value is -3.64. The number of ether oxygens (including phenoxy) is 1. The summed E-state index contributed by atoms with van der Waals surface area (Å²) in [5.74, 6) is 0.945. The maximum Gasteiger partial charge on any atom is 0.251 e. The van der Waals surface area contributed by atoms with Crippen LogP contribution in [0.15, 0.2) is 65.8 Å². The minimum Gasteiger partial charge on any atom is -0.394 e. The SMILES string of the molecule is CCON=C(N)c1ccc(CNC(=O)c2ccc3c(c2)[C@@H]2O[C@H]3c3ccc(C4CC4)cc32)cc1. The van der Waals surface area contributed by atoms with Crippen molar-refractivity contribution in [3.8, 4) is 0 Å². The zero-order valence-electron chi connectivity index (χ0n) is 19.1. The van der Waals surface area contributed by atoms with Crippen molar-refractivity contribution in [1.82, 2.24) is 5.32 Å². The van der Waals surface area contributed by atoms with Crippen molar-refractivity contribution in [3.63, 3.8) is 0 Å². The highest BCUT2D eigenvalue weighted by Gasteiger charge is 2.43. The number of nitrogens with zero attached hydrogens (tertiary/aromatic N) is 1. The highest BCUT2D eigenvalue weighted by atomic mass is 16.6. The van der Waals surface area contributed by atoms with Crippen molar-refractivity contribution in [2.45, 2.75) is 44.4 Å². The summed E-state index contributed by atoms with van der Waals surface area (Å²) < 4.78 is 6.33. The van der Waals surface area contributed by atoms with Crippen LogP contribution in [0.1, 0.15) is 87.2 Å². The van der Waals surface area contributed by atoms with Gasteiger partial charge in [-0.2, -0.15) is 0 Å². The number of nitrogens with one attached hydrogen (secondary N) is 1. The molecule has 2 heterocycles. The van der Waals surface area contributed by atoms with Gasteiger partial charge in [-0.15, -0.1) is 0 Å². The average molecular weight is 454 g/mol. The number of amidine groups is 1. The summed E-state index contributed by atoms with van der Waals surface area (Å²) in [6, 6.07) is 20.3. The second-order valence-corrected chi connectivity index (χ2v) is 9.18. The molecule has 6 rings (SSSR count). The second-order valence-electron chi connectivity index (χ2n) is 9.18. The molecule has 1 fully saturated rings. The van der Waals surface area contributed by atoms with Gasteiger partial charge in [-0.05, 0) is 71.2 Å². The summed E-state index contributed by atoms with van der Waals surface area (Å²) in [5.41, 5.74) is 14.6. The predicted molar refractivity (Wildman–Crippen MR) is 130 cm³/mol. The summed E-state index contributed by atoms with van der Waals surface area (Å²) in [6.45, 7) is 2.74. The molecule has 2 aliphatic heterocycles. The third kappa shape index (κ3) is 3.64. The van der Waals surface area contributed by atoms with Crippen molar-refractivity contribution in [3.05, 3.63) is 105 Å². The molecule has 6 heteroatoms. The maximum atomic E-state index is 12.9. The molecule has 0 saturated heterocycles. The maximum absolute atomic E-state index is 12.9. The fourth-order valence-corrected chi connectivity index (χ4v) is 4.94. The molecule has 3 aromatic carbocycles. The van der Waals surface area contributed by atoms with Crippen molar-refractivity contribution < 1.29 is 14.4 Å². The van der Waals surface area contributed by atoms with Crippen LogP contribution in [0.4, 0.5) is 0 Å². The molecule has 3 aliphatic rings. The van der Waals surface area contributed by atoms with Crippen LogP contribution in [-0.2, 0) is 16.1 Å². The molecule has 3 N–H and O–H groups in total.